The van der Waals surface area contributed by atoms with E-state index in [-0.39, 0.29) is 24.1 Å². The lowest BCUT2D eigenvalue weighted by atomic mass is 10.2. The second kappa shape index (κ2) is 5.79. The van der Waals surface area contributed by atoms with Crippen molar-refractivity contribution < 1.29 is 4.79 Å². The number of rotatable bonds is 5. The van der Waals surface area contributed by atoms with Gasteiger partial charge < -0.3 is 5.32 Å². The molecule has 6 nitrogen and oxygen atoms in total. The molecule has 1 aliphatic carbocycles. The Balaban J connectivity index is 2.11. The molecular formula is C16H19N3O3. The van der Waals surface area contributed by atoms with Gasteiger partial charge in [0.25, 0.3) is 5.56 Å². The zero-order valence-corrected chi connectivity index (χ0v) is 12.5. The van der Waals surface area contributed by atoms with E-state index >= 15 is 0 Å². The third kappa shape index (κ3) is 2.68. The van der Waals surface area contributed by atoms with Crippen LogP contribution in [0, 0.1) is 0 Å². The minimum absolute atomic E-state index is 0.0557. The highest BCUT2D eigenvalue weighted by molar-refractivity contribution is 5.81. The third-order valence-electron chi connectivity index (χ3n) is 3.82. The molecule has 1 fully saturated rings. The van der Waals surface area contributed by atoms with Crippen molar-refractivity contribution in [3.8, 4) is 0 Å². The largest absolute Gasteiger partial charge is 0.352 e. The fraction of sp³-hybridized carbons (Fsp3) is 0.438. The summed E-state index contributed by atoms with van der Waals surface area (Å²) in [5.74, 6) is -0.184. The first-order valence-electron chi connectivity index (χ1n) is 7.63. The summed E-state index contributed by atoms with van der Waals surface area (Å²) in [5.41, 5.74) is -0.200. The number of fused-ring (bicyclic) bond motifs is 1. The summed E-state index contributed by atoms with van der Waals surface area (Å²) in [6.45, 7) is 2.21. The molecule has 1 aliphatic rings. The van der Waals surface area contributed by atoms with Crippen LogP contribution in [0.15, 0.2) is 33.9 Å². The molecule has 2 aromatic rings. The summed E-state index contributed by atoms with van der Waals surface area (Å²) in [7, 11) is 0. The summed E-state index contributed by atoms with van der Waals surface area (Å²) in [5, 5.41) is 3.34. The van der Waals surface area contributed by atoms with Crippen molar-refractivity contribution in [3.05, 3.63) is 45.1 Å². The Kier molecular flexibility index (Phi) is 3.83. The number of para-hydroxylation sites is 1. The molecule has 1 heterocycles. The van der Waals surface area contributed by atoms with Crippen LogP contribution in [0.1, 0.15) is 26.2 Å². The number of aromatic nitrogens is 2. The van der Waals surface area contributed by atoms with Gasteiger partial charge in [0.2, 0.25) is 5.91 Å². The smallest absolute Gasteiger partial charge is 0.331 e. The minimum Gasteiger partial charge on any atom is -0.352 e. The van der Waals surface area contributed by atoms with Gasteiger partial charge in [0, 0.05) is 12.6 Å². The molecule has 0 spiro atoms. The van der Waals surface area contributed by atoms with Gasteiger partial charge in [0.05, 0.1) is 10.9 Å². The van der Waals surface area contributed by atoms with Gasteiger partial charge in [-0.3, -0.25) is 18.7 Å². The Morgan fingerprint density at radius 2 is 1.95 bits per heavy atom. The van der Waals surface area contributed by atoms with Crippen LogP contribution in [0.25, 0.3) is 10.9 Å². The van der Waals surface area contributed by atoms with Crippen molar-refractivity contribution >= 4 is 16.8 Å². The molecule has 6 heteroatoms. The fourth-order valence-electron chi connectivity index (χ4n) is 2.59. The highest BCUT2D eigenvalue weighted by Crippen LogP contribution is 2.18. The molecule has 1 amide bonds. The topological polar surface area (TPSA) is 73.1 Å². The Labute approximate surface area is 127 Å². The molecule has 0 aliphatic heterocycles. The number of hydrogen-bond donors (Lipinski definition) is 1. The zero-order valence-electron chi connectivity index (χ0n) is 12.5. The van der Waals surface area contributed by atoms with Crippen molar-refractivity contribution in [2.75, 3.05) is 0 Å². The summed E-state index contributed by atoms with van der Waals surface area (Å²) in [4.78, 5) is 37.0. The van der Waals surface area contributed by atoms with Crippen LogP contribution in [0.3, 0.4) is 0 Å². The predicted molar refractivity (Wildman–Crippen MR) is 83.9 cm³/mol. The van der Waals surface area contributed by atoms with Crippen molar-refractivity contribution in [2.45, 2.75) is 45.3 Å². The monoisotopic (exact) mass is 301 g/mol. The first-order chi connectivity index (χ1) is 10.6. The second-order valence-electron chi connectivity index (χ2n) is 5.68. The van der Waals surface area contributed by atoms with Gasteiger partial charge in [-0.15, -0.1) is 0 Å². The van der Waals surface area contributed by atoms with Crippen LogP contribution in [0.5, 0.6) is 0 Å². The van der Waals surface area contributed by atoms with Gasteiger partial charge in [0.1, 0.15) is 6.54 Å². The molecule has 1 aromatic heterocycles. The van der Waals surface area contributed by atoms with E-state index in [0.717, 1.165) is 12.8 Å². The zero-order chi connectivity index (χ0) is 15.7. The molecule has 0 unspecified atom stereocenters. The fourth-order valence-corrected chi connectivity index (χ4v) is 2.59. The van der Waals surface area contributed by atoms with Gasteiger partial charge in [-0.1, -0.05) is 19.1 Å². The van der Waals surface area contributed by atoms with Gasteiger partial charge in [-0.25, -0.2) is 4.79 Å². The maximum absolute atomic E-state index is 12.6. The lowest BCUT2D eigenvalue weighted by Gasteiger charge is -2.13. The summed E-state index contributed by atoms with van der Waals surface area (Å²) >= 11 is 0. The maximum atomic E-state index is 12.6. The van der Waals surface area contributed by atoms with Crippen LogP contribution >= 0.6 is 0 Å². The highest BCUT2D eigenvalue weighted by atomic mass is 16.2. The van der Waals surface area contributed by atoms with Crippen molar-refractivity contribution in [3.63, 3.8) is 0 Å². The van der Waals surface area contributed by atoms with E-state index in [1.807, 2.05) is 6.92 Å². The Bertz CT molecular complexity index is 831. The molecule has 0 atom stereocenters. The molecule has 0 bridgehead atoms. The van der Waals surface area contributed by atoms with E-state index in [0.29, 0.717) is 23.9 Å². The standard InChI is InChI=1S/C16H19N3O3/c1-2-9-18-15(21)12-5-3-4-6-13(12)19(16(18)22)10-14(20)17-11-7-8-11/h3-6,11H,2,7-10H2,1H3,(H,17,20). The molecular weight excluding hydrogens is 282 g/mol. The summed E-state index contributed by atoms with van der Waals surface area (Å²) < 4.78 is 2.61. The quantitative estimate of drug-likeness (QED) is 0.890. The molecule has 22 heavy (non-hydrogen) atoms. The maximum Gasteiger partial charge on any atom is 0.331 e. The molecule has 1 aromatic carbocycles. The average molecular weight is 301 g/mol. The number of carbonyl (C=O) groups excluding carboxylic acids is 1. The van der Waals surface area contributed by atoms with Gasteiger partial charge in [-0.2, -0.15) is 0 Å². The first-order valence-corrected chi connectivity index (χ1v) is 7.63. The van der Waals surface area contributed by atoms with Crippen LogP contribution < -0.4 is 16.6 Å². The number of nitrogens with zero attached hydrogens (tertiary/aromatic N) is 2. The first kappa shape index (κ1) is 14.6. The SMILES string of the molecule is CCCn1c(=O)c2ccccc2n(CC(=O)NC2CC2)c1=O. The molecule has 0 radical (unpaired) electrons. The van der Waals surface area contributed by atoms with Crippen LogP contribution in [-0.4, -0.2) is 21.1 Å². The van der Waals surface area contributed by atoms with Crippen molar-refractivity contribution in [1.82, 2.24) is 14.5 Å². The number of nitrogens with one attached hydrogen (secondary N) is 1. The van der Waals surface area contributed by atoms with Gasteiger partial charge in [-0.05, 0) is 31.4 Å². The van der Waals surface area contributed by atoms with E-state index in [9.17, 15) is 14.4 Å². The van der Waals surface area contributed by atoms with Crippen LogP contribution in [0.2, 0.25) is 0 Å². The Morgan fingerprint density at radius 1 is 1.23 bits per heavy atom. The van der Waals surface area contributed by atoms with E-state index in [1.54, 1.807) is 24.3 Å². The van der Waals surface area contributed by atoms with Crippen molar-refractivity contribution in [1.29, 1.82) is 0 Å². The lowest BCUT2D eigenvalue weighted by Crippen LogP contribution is -2.42. The van der Waals surface area contributed by atoms with E-state index in [4.69, 9.17) is 0 Å². The van der Waals surface area contributed by atoms with E-state index < -0.39 is 5.69 Å². The molecule has 0 saturated heterocycles. The van der Waals surface area contributed by atoms with Gasteiger partial charge >= 0.3 is 5.69 Å². The van der Waals surface area contributed by atoms with Crippen LogP contribution in [-0.2, 0) is 17.9 Å². The Morgan fingerprint density at radius 3 is 2.64 bits per heavy atom. The number of hydrogen-bond acceptors (Lipinski definition) is 3. The second-order valence-corrected chi connectivity index (χ2v) is 5.68. The molecule has 1 saturated carbocycles. The van der Waals surface area contributed by atoms with Crippen molar-refractivity contribution in [2.24, 2.45) is 0 Å². The number of benzene rings is 1. The summed E-state index contributed by atoms with van der Waals surface area (Å²) in [6, 6.07) is 7.17. The number of amides is 1. The Hall–Kier alpha value is -2.37. The highest BCUT2D eigenvalue weighted by Gasteiger charge is 2.24. The lowest BCUT2D eigenvalue weighted by molar-refractivity contribution is -0.121. The average Bonchev–Trinajstić information content (AvgIpc) is 3.32. The van der Waals surface area contributed by atoms with Gasteiger partial charge in [0.15, 0.2) is 0 Å². The predicted octanol–water partition coefficient (Wildman–Crippen LogP) is 0.852. The molecule has 1 N–H and O–H groups in total. The molecule has 3 rings (SSSR count). The van der Waals surface area contributed by atoms with E-state index in [2.05, 4.69) is 5.32 Å². The molecule has 116 valence electrons. The third-order valence-corrected chi connectivity index (χ3v) is 3.82. The van der Waals surface area contributed by atoms with Crippen LogP contribution in [0.4, 0.5) is 0 Å². The normalized spacial score (nSPS) is 14.2. The minimum atomic E-state index is -0.420. The number of carbonyl (C=O) groups is 1. The summed E-state index contributed by atoms with van der Waals surface area (Å²) in [6.07, 6.45) is 2.68. The van der Waals surface area contributed by atoms with E-state index in [1.165, 1.54) is 9.13 Å².